The second kappa shape index (κ2) is 11.5. The topological polar surface area (TPSA) is 105 Å². The summed E-state index contributed by atoms with van der Waals surface area (Å²) in [6.07, 6.45) is 0. The maximum Gasteiger partial charge on any atom is 0.297 e. The van der Waals surface area contributed by atoms with Gasteiger partial charge in [0.1, 0.15) is 26.4 Å². The van der Waals surface area contributed by atoms with Crippen LogP contribution in [0.15, 0.2) is 82.6 Å². The molecule has 0 amide bonds. The minimum Gasteiger partial charge on any atom is -0.487 e. The highest BCUT2D eigenvalue weighted by molar-refractivity contribution is 7.87. The van der Waals surface area contributed by atoms with Crippen LogP contribution in [0.2, 0.25) is 0 Å². The Kier molecular flexibility index (Phi) is 8.67. The van der Waals surface area contributed by atoms with Crippen molar-refractivity contribution >= 4 is 20.2 Å². The molecule has 0 aromatic heterocycles. The average molecular weight is 507 g/mol. The number of para-hydroxylation sites is 2. The normalized spacial score (nSPS) is 11.8. The molecule has 0 aliphatic rings. The number of hydrogen-bond acceptors (Lipinski definition) is 8. The van der Waals surface area contributed by atoms with Gasteiger partial charge in [-0.05, 0) is 50.2 Å². The molecule has 0 spiro atoms. The van der Waals surface area contributed by atoms with E-state index in [1.54, 1.807) is 48.5 Å². The van der Waals surface area contributed by atoms with Crippen LogP contribution in [0, 0.1) is 13.8 Å². The Morgan fingerprint density at radius 3 is 1.24 bits per heavy atom. The van der Waals surface area contributed by atoms with Crippen molar-refractivity contribution in [3.05, 3.63) is 83.9 Å². The van der Waals surface area contributed by atoms with Crippen molar-refractivity contribution in [1.82, 2.24) is 0 Å². The Hall–Kier alpha value is -2.92. The largest absolute Gasteiger partial charge is 0.487 e. The zero-order valence-electron chi connectivity index (χ0n) is 18.8. The van der Waals surface area contributed by atoms with E-state index in [1.807, 2.05) is 13.8 Å². The third-order valence-corrected chi connectivity index (χ3v) is 7.28. The van der Waals surface area contributed by atoms with Crippen LogP contribution in [0.25, 0.3) is 0 Å². The van der Waals surface area contributed by atoms with Crippen LogP contribution in [0.4, 0.5) is 0 Å². The molecule has 34 heavy (non-hydrogen) atoms. The average Bonchev–Trinajstić information content (AvgIpc) is 2.81. The number of rotatable bonds is 12. The van der Waals surface area contributed by atoms with Crippen LogP contribution < -0.4 is 9.47 Å². The van der Waals surface area contributed by atoms with Gasteiger partial charge >= 0.3 is 0 Å². The predicted octanol–water partition coefficient (Wildman–Crippen LogP) is 3.87. The van der Waals surface area contributed by atoms with E-state index in [0.29, 0.717) is 11.5 Å². The van der Waals surface area contributed by atoms with Crippen molar-refractivity contribution in [2.24, 2.45) is 0 Å². The van der Waals surface area contributed by atoms with Gasteiger partial charge < -0.3 is 9.47 Å². The van der Waals surface area contributed by atoms with Gasteiger partial charge in [0.25, 0.3) is 20.2 Å². The fraction of sp³-hybridized carbons (Fsp3) is 0.250. The molecule has 0 aliphatic carbocycles. The number of benzene rings is 3. The number of hydrogen-bond donors (Lipinski definition) is 0. The summed E-state index contributed by atoms with van der Waals surface area (Å²) in [4.78, 5) is 0.143. The second-order valence-electron chi connectivity index (χ2n) is 7.32. The van der Waals surface area contributed by atoms with Crippen molar-refractivity contribution < 1.29 is 34.7 Å². The molecule has 0 saturated heterocycles. The molecule has 0 atom stereocenters. The maximum atomic E-state index is 12.2. The van der Waals surface area contributed by atoms with Gasteiger partial charge in [0.2, 0.25) is 0 Å². The van der Waals surface area contributed by atoms with Gasteiger partial charge in [-0.2, -0.15) is 16.8 Å². The Bertz CT molecular complexity index is 1180. The van der Waals surface area contributed by atoms with Crippen molar-refractivity contribution in [1.29, 1.82) is 0 Å². The second-order valence-corrected chi connectivity index (χ2v) is 10.6. The van der Waals surface area contributed by atoms with Crippen LogP contribution >= 0.6 is 0 Å². The first-order chi connectivity index (χ1) is 16.2. The van der Waals surface area contributed by atoms with E-state index in [4.69, 9.17) is 17.8 Å². The summed E-state index contributed by atoms with van der Waals surface area (Å²) in [5.74, 6) is 0.723. The first-order valence-electron chi connectivity index (χ1n) is 10.4. The van der Waals surface area contributed by atoms with Gasteiger partial charge in [0, 0.05) is 0 Å². The molecule has 10 heteroatoms. The zero-order valence-corrected chi connectivity index (χ0v) is 20.5. The van der Waals surface area contributed by atoms with Crippen LogP contribution in [0.5, 0.6) is 11.5 Å². The Morgan fingerprint density at radius 1 is 0.529 bits per heavy atom. The zero-order chi connectivity index (χ0) is 24.6. The predicted molar refractivity (Wildman–Crippen MR) is 126 cm³/mol. The molecule has 0 bridgehead atoms. The van der Waals surface area contributed by atoms with E-state index < -0.39 is 20.2 Å². The SMILES string of the molecule is Cc1ccc(S(=O)(=O)OCCOc2ccccc2OCCOS(=O)(=O)c2ccc(C)cc2)cc1. The van der Waals surface area contributed by atoms with E-state index in [2.05, 4.69) is 0 Å². The van der Waals surface area contributed by atoms with Gasteiger partial charge in [-0.25, -0.2) is 0 Å². The summed E-state index contributed by atoms with van der Waals surface area (Å²) in [5, 5.41) is 0. The lowest BCUT2D eigenvalue weighted by Gasteiger charge is -2.13. The molecule has 0 fully saturated rings. The lowest BCUT2D eigenvalue weighted by atomic mass is 10.2. The minimum atomic E-state index is -3.88. The fourth-order valence-corrected chi connectivity index (χ4v) is 4.61. The molecule has 0 saturated carbocycles. The molecule has 3 aromatic rings. The Morgan fingerprint density at radius 2 is 0.882 bits per heavy atom. The monoisotopic (exact) mass is 506 g/mol. The van der Waals surface area contributed by atoms with Gasteiger partial charge in [-0.1, -0.05) is 47.5 Å². The minimum absolute atomic E-state index is 0.0379. The Balaban J connectivity index is 1.47. The van der Waals surface area contributed by atoms with Crippen LogP contribution in [-0.2, 0) is 28.6 Å². The summed E-state index contributed by atoms with van der Waals surface area (Å²) in [5.41, 5.74) is 1.88. The Labute approximate surface area is 200 Å². The molecule has 3 rings (SSSR count). The van der Waals surface area contributed by atoms with Crippen molar-refractivity contribution in [2.75, 3.05) is 26.4 Å². The highest BCUT2D eigenvalue weighted by atomic mass is 32.2. The van der Waals surface area contributed by atoms with E-state index in [9.17, 15) is 16.8 Å². The molecular weight excluding hydrogens is 480 g/mol. The standard InChI is InChI=1S/C24H26O8S2/c1-19-7-11-21(12-8-19)33(25,26)31-17-15-29-23-5-3-4-6-24(23)30-16-18-32-34(27,28)22-13-9-20(2)10-14-22/h3-14H,15-18H2,1-2H3. The van der Waals surface area contributed by atoms with E-state index in [0.717, 1.165) is 11.1 Å². The lowest BCUT2D eigenvalue weighted by Crippen LogP contribution is -2.15. The van der Waals surface area contributed by atoms with Gasteiger partial charge in [-0.3, -0.25) is 8.37 Å². The van der Waals surface area contributed by atoms with E-state index in [-0.39, 0.29) is 36.2 Å². The lowest BCUT2D eigenvalue weighted by molar-refractivity contribution is 0.195. The molecule has 0 aliphatic heterocycles. The molecule has 3 aromatic carbocycles. The summed E-state index contributed by atoms with van der Waals surface area (Å²) in [6.45, 7) is 3.26. The first kappa shape index (κ1) is 25.7. The summed E-state index contributed by atoms with van der Waals surface area (Å²) in [7, 11) is -7.77. The van der Waals surface area contributed by atoms with Crippen LogP contribution in [-0.4, -0.2) is 43.3 Å². The third-order valence-electron chi connectivity index (χ3n) is 4.63. The van der Waals surface area contributed by atoms with Crippen LogP contribution in [0.1, 0.15) is 11.1 Å². The van der Waals surface area contributed by atoms with Crippen molar-refractivity contribution in [3.63, 3.8) is 0 Å². The van der Waals surface area contributed by atoms with Crippen molar-refractivity contribution in [3.8, 4) is 11.5 Å². The molecule has 0 N–H and O–H groups in total. The van der Waals surface area contributed by atoms with E-state index >= 15 is 0 Å². The molecule has 0 unspecified atom stereocenters. The fourth-order valence-electron chi connectivity index (χ4n) is 2.83. The summed E-state index contributed by atoms with van der Waals surface area (Å²) >= 11 is 0. The van der Waals surface area contributed by atoms with E-state index in [1.165, 1.54) is 24.3 Å². The summed E-state index contributed by atoms with van der Waals surface area (Å²) < 4.78 is 70.2. The van der Waals surface area contributed by atoms with Gasteiger partial charge in [0.05, 0.1) is 9.79 Å². The molecule has 182 valence electrons. The highest BCUT2D eigenvalue weighted by Crippen LogP contribution is 2.26. The van der Waals surface area contributed by atoms with Gasteiger partial charge in [-0.15, -0.1) is 0 Å². The molecule has 8 nitrogen and oxygen atoms in total. The molecular formula is C24H26O8S2. The maximum absolute atomic E-state index is 12.2. The highest BCUT2D eigenvalue weighted by Gasteiger charge is 2.16. The van der Waals surface area contributed by atoms with Gasteiger partial charge in [0.15, 0.2) is 11.5 Å². The quantitative estimate of drug-likeness (QED) is 0.269. The molecule has 0 radical (unpaired) electrons. The third kappa shape index (κ3) is 7.29. The van der Waals surface area contributed by atoms with Crippen molar-refractivity contribution in [2.45, 2.75) is 23.6 Å². The molecule has 0 heterocycles. The smallest absolute Gasteiger partial charge is 0.297 e. The number of ether oxygens (including phenoxy) is 2. The summed E-state index contributed by atoms with van der Waals surface area (Å²) in [6, 6.07) is 19.4. The number of aryl methyl sites for hydroxylation is 2. The first-order valence-corrected chi connectivity index (χ1v) is 13.3. The van der Waals surface area contributed by atoms with Crippen LogP contribution in [0.3, 0.4) is 0 Å².